The van der Waals surface area contributed by atoms with Crippen LogP contribution < -0.4 is 30.1 Å². The highest BCUT2D eigenvalue weighted by Gasteiger charge is 2.26. The van der Waals surface area contributed by atoms with Crippen LogP contribution in [0.5, 0.6) is 17.2 Å². The molecule has 3 aromatic carbocycles. The Kier molecular flexibility index (Phi) is 11.3. The van der Waals surface area contributed by atoms with Crippen LogP contribution in [0.4, 0.5) is 0 Å². The van der Waals surface area contributed by atoms with Gasteiger partial charge < -0.3 is 14.2 Å². The van der Waals surface area contributed by atoms with Crippen molar-refractivity contribution in [2.45, 2.75) is 59.3 Å². The largest absolute Gasteiger partial charge is 0.493 e. The molecule has 3 rings (SSSR count). The Morgan fingerprint density at radius 3 is 1.06 bits per heavy atom. The van der Waals surface area contributed by atoms with E-state index in [-0.39, 0.29) is 0 Å². The number of hydrogen-bond donors (Lipinski definition) is 0. The standard InChI is InChI=1S/C30H39O3P/c1-4-7-22-31-25-16-10-13-19-28(25)34(29-20-14-11-17-26(29)32-23-8-5-2)30-21-15-12-18-27(30)33-24-9-6-3/h10-21H,4-9,22-24H2,1-3H3. The van der Waals surface area contributed by atoms with Gasteiger partial charge in [-0.1, -0.05) is 94.6 Å². The van der Waals surface area contributed by atoms with E-state index in [2.05, 4.69) is 93.6 Å². The van der Waals surface area contributed by atoms with Crippen LogP contribution in [0.25, 0.3) is 0 Å². The number of unbranched alkanes of at least 4 members (excludes halogenated alkanes) is 3. The molecule has 0 bridgehead atoms. The van der Waals surface area contributed by atoms with Gasteiger partial charge in [-0.3, -0.25) is 0 Å². The molecule has 182 valence electrons. The molecule has 0 heterocycles. The first kappa shape index (κ1) is 26.1. The molecule has 0 aliphatic heterocycles. The van der Waals surface area contributed by atoms with E-state index in [0.29, 0.717) is 0 Å². The van der Waals surface area contributed by atoms with Crippen molar-refractivity contribution in [2.24, 2.45) is 0 Å². The lowest BCUT2D eigenvalue weighted by Gasteiger charge is -2.26. The summed E-state index contributed by atoms with van der Waals surface area (Å²) in [5, 5.41) is 3.60. The van der Waals surface area contributed by atoms with E-state index in [1.807, 2.05) is 0 Å². The Morgan fingerprint density at radius 1 is 0.471 bits per heavy atom. The third kappa shape index (κ3) is 7.24. The van der Waals surface area contributed by atoms with Crippen LogP contribution in [0.1, 0.15) is 59.3 Å². The number of hydrogen-bond acceptors (Lipinski definition) is 3. The third-order valence-electron chi connectivity index (χ3n) is 5.58. The summed E-state index contributed by atoms with van der Waals surface area (Å²) in [7, 11) is -0.946. The second-order valence-electron chi connectivity index (χ2n) is 8.34. The van der Waals surface area contributed by atoms with Gasteiger partial charge in [0.2, 0.25) is 0 Å². The average molecular weight is 479 g/mol. The highest BCUT2D eigenvalue weighted by molar-refractivity contribution is 7.80. The van der Waals surface area contributed by atoms with Gasteiger partial charge in [-0.2, -0.15) is 0 Å². The fourth-order valence-electron chi connectivity index (χ4n) is 3.66. The van der Waals surface area contributed by atoms with Crippen molar-refractivity contribution in [3.05, 3.63) is 72.8 Å². The maximum atomic E-state index is 6.31. The number of para-hydroxylation sites is 3. The molecule has 3 nitrogen and oxygen atoms in total. The molecule has 0 amide bonds. The van der Waals surface area contributed by atoms with Crippen LogP contribution in [0.3, 0.4) is 0 Å². The van der Waals surface area contributed by atoms with Crippen LogP contribution in [0, 0.1) is 0 Å². The highest BCUT2D eigenvalue weighted by Crippen LogP contribution is 2.42. The minimum Gasteiger partial charge on any atom is -0.493 e. The van der Waals surface area contributed by atoms with Gasteiger partial charge in [0.05, 0.1) is 19.8 Å². The third-order valence-corrected chi connectivity index (χ3v) is 8.14. The monoisotopic (exact) mass is 478 g/mol. The molecule has 0 unspecified atom stereocenters. The highest BCUT2D eigenvalue weighted by atomic mass is 31.1. The molecule has 0 aliphatic rings. The van der Waals surface area contributed by atoms with E-state index < -0.39 is 7.92 Å². The SMILES string of the molecule is CCCCOc1ccccc1P(c1ccccc1OCCCC)c1ccccc1OCCCC. The van der Waals surface area contributed by atoms with E-state index in [1.54, 1.807) is 0 Å². The predicted molar refractivity (Wildman–Crippen MR) is 146 cm³/mol. The maximum Gasteiger partial charge on any atom is 0.127 e. The smallest absolute Gasteiger partial charge is 0.127 e. The summed E-state index contributed by atoms with van der Waals surface area (Å²) >= 11 is 0. The molecule has 0 saturated heterocycles. The summed E-state index contributed by atoms with van der Waals surface area (Å²) in [6, 6.07) is 25.4. The van der Waals surface area contributed by atoms with Gasteiger partial charge in [0.1, 0.15) is 17.2 Å². The Morgan fingerprint density at radius 2 is 0.765 bits per heavy atom. The number of benzene rings is 3. The van der Waals surface area contributed by atoms with Crippen molar-refractivity contribution in [3.63, 3.8) is 0 Å². The van der Waals surface area contributed by atoms with Crippen LogP contribution in [0.2, 0.25) is 0 Å². The van der Waals surface area contributed by atoms with E-state index in [4.69, 9.17) is 14.2 Å². The van der Waals surface area contributed by atoms with Crippen LogP contribution in [0.15, 0.2) is 72.8 Å². The summed E-state index contributed by atoms with van der Waals surface area (Å²) in [6.45, 7) is 8.74. The van der Waals surface area contributed by atoms with Crippen molar-refractivity contribution < 1.29 is 14.2 Å². The minimum atomic E-state index is -0.946. The molecule has 0 radical (unpaired) electrons. The number of ether oxygens (including phenoxy) is 3. The molecule has 0 saturated carbocycles. The van der Waals surface area contributed by atoms with E-state index >= 15 is 0 Å². The summed E-state index contributed by atoms with van der Waals surface area (Å²) < 4.78 is 18.9. The first-order chi connectivity index (χ1) is 16.8. The molecule has 0 atom stereocenters. The van der Waals surface area contributed by atoms with E-state index in [1.165, 1.54) is 15.9 Å². The Bertz CT molecular complexity index is 861. The Balaban J connectivity index is 2.11. The van der Waals surface area contributed by atoms with E-state index in [9.17, 15) is 0 Å². The molecule has 4 heteroatoms. The second kappa shape index (κ2) is 14.7. The summed E-state index contributed by atoms with van der Waals surface area (Å²) in [5.41, 5.74) is 0. The Labute approximate surface area is 207 Å². The van der Waals surface area contributed by atoms with Crippen LogP contribution in [-0.4, -0.2) is 19.8 Å². The lowest BCUT2D eigenvalue weighted by atomic mass is 10.3. The van der Waals surface area contributed by atoms with Crippen molar-refractivity contribution in [2.75, 3.05) is 19.8 Å². The number of rotatable bonds is 15. The molecule has 0 N–H and O–H groups in total. The summed E-state index contributed by atoms with van der Waals surface area (Å²) in [5.74, 6) is 2.86. The van der Waals surface area contributed by atoms with E-state index in [0.717, 1.165) is 75.6 Å². The van der Waals surface area contributed by atoms with Crippen LogP contribution in [-0.2, 0) is 0 Å². The van der Waals surface area contributed by atoms with Gasteiger partial charge in [0, 0.05) is 15.9 Å². The zero-order valence-electron chi connectivity index (χ0n) is 21.0. The first-order valence-corrected chi connectivity index (χ1v) is 14.1. The van der Waals surface area contributed by atoms with Gasteiger partial charge in [0.25, 0.3) is 0 Å². The zero-order valence-corrected chi connectivity index (χ0v) is 21.9. The molecule has 3 aromatic rings. The fraction of sp³-hybridized carbons (Fsp3) is 0.400. The summed E-state index contributed by atoms with van der Waals surface area (Å²) in [6.07, 6.45) is 6.45. The van der Waals surface area contributed by atoms with Gasteiger partial charge in [-0.05, 0) is 45.4 Å². The molecular weight excluding hydrogens is 439 g/mol. The van der Waals surface area contributed by atoms with Crippen molar-refractivity contribution in [3.8, 4) is 17.2 Å². The normalized spacial score (nSPS) is 10.9. The van der Waals surface area contributed by atoms with Crippen molar-refractivity contribution in [1.29, 1.82) is 0 Å². The maximum absolute atomic E-state index is 6.31. The predicted octanol–water partition coefficient (Wildman–Crippen LogP) is 6.98. The lowest BCUT2D eigenvalue weighted by Crippen LogP contribution is -2.25. The quantitative estimate of drug-likeness (QED) is 0.174. The average Bonchev–Trinajstić information content (AvgIpc) is 2.87. The lowest BCUT2D eigenvalue weighted by molar-refractivity contribution is 0.311. The van der Waals surface area contributed by atoms with Crippen molar-refractivity contribution >= 4 is 23.8 Å². The molecule has 0 spiro atoms. The zero-order chi connectivity index (χ0) is 24.0. The van der Waals surface area contributed by atoms with Gasteiger partial charge in [-0.15, -0.1) is 0 Å². The summed E-state index contributed by atoms with van der Waals surface area (Å²) in [4.78, 5) is 0. The van der Waals surface area contributed by atoms with Crippen LogP contribution >= 0.6 is 7.92 Å². The topological polar surface area (TPSA) is 27.7 Å². The minimum absolute atomic E-state index is 0.722. The molecule has 0 fully saturated rings. The molecule has 0 aliphatic carbocycles. The fourth-order valence-corrected chi connectivity index (χ4v) is 6.22. The first-order valence-electron chi connectivity index (χ1n) is 12.8. The second-order valence-corrected chi connectivity index (χ2v) is 10.5. The Hall–Kier alpha value is -2.51. The molecular formula is C30H39O3P. The molecule has 34 heavy (non-hydrogen) atoms. The van der Waals surface area contributed by atoms with Crippen molar-refractivity contribution in [1.82, 2.24) is 0 Å². The van der Waals surface area contributed by atoms with Gasteiger partial charge in [-0.25, -0.2) is 0 Å². The molecule has 0 aromatic heterocycles. The van der Waals surface area contributed by atoms with Gasteiger partial charge in [0.15, 0.2) is 0 Å². The van der Waals surface area contributed by atoms with Gasteiger partial charge >= 0.3 is 0 Å².